The van der Waals surface area contributed by atoms with Crippen LogP contribution in [0.15, 0.2) is 58.3 Å². The van der Waals surface area contributed by atoms with Crippen LogP contribution < -0.4 is 0 Å². The summed E-state index contributed by atoms with van der Waals surface area (Å²) >= 11 is 0. The molecule has 450 valence electrons. The Labute approximate surface area is 493 Å². The van der Waals surface area contributed by atoms with Gasteiger partial charge in [0.2, 0.25) is 0 Å². The fourth-order valence-electron chi connectivity index (χ4n) is 15.2. The molecule has 3 saturated heterocycles. The van der Waals surface area contributed by atoms with Gasteiger partial charge in [-0.3, -0.25) is 0 Å². The SMILES string of the molecule is C1=CC=CC=1[Si]12CCCCCCCCCCCCCCCCCCCCCC[Si](C3=C=CC=C3)(CCCCCCCCCCCCCCCCCCCCCC1)CCCCCCCCCCCCCCCCCCCCCC2. The van der Waals surface area contributed by atoms with Gasteiger partial charge in [0.25, 0.3) is 0 Å². The van der Waals surface area contributed by atoms with E-state index < -0.39 is 16.1 Å². The van der Waals surface area contributed by atoms with Gasteiger partial charge in [0.05, 0.1) is 16.1 Å². The summed E-state index contributed by atoms with van der Waals surface area (Å²) in [5.74, 6) is 0. The fourth-order valence-corrected chi connectivity index (χ4v) is 25.6. The Kier molecular flexibility index (Phi) is 45.9. The summed E-state index contributed by atoms with van der Waals surface area (Å²) in [6.07, 6.45) is 103. The number of allylic oxidation sites excluding steroid dienone is 6. The summed E-state index contributed by atoms with van der Waals surface area (Å²) in [6.45, 7) is 0. The lowest BCUT2D eigenvalue weighted by atomic mass is 10.0. The second kappa shape index (κ2) is 51.6. The fraction of sp³-hybridized carbons (Fsp3) is 0.868. The second-order valence-corrected chi connectivity index (χ2v) is 36.6. The van der Waals surface area contributed by atoms with E-state index in [9.17, 15) is 0 Å². The monoisotopic (exact) mass is 1110 g/mol. The minimum absolute atomic E-state index is 1.48. The van der Waals surface area contributed by atoms with Crippen molar-refractivity contribution in [2.75, 3.05) is 0 Å². The first kappa shape index (κ1) is 69.4. The zero-order valence-corrected chi connectivity index (χ0v) is 55.1. The highest BCUT2D eigenvalue weighted by Gasteiger charge is 2.36. The van der Waals surface area contributed by atoms with E-state index in [0.717, 1.165) is 0 Å². The highest BCUT2D eigenvalue weighted by molar-refractivity contribution is 6.87. The van der Waals surface area contributed by atoms with Crippen molar-refractivity contribution < 1.29 is 0 Å². The molecular formula is C76H138Si2. The van der Waals surface area contributed by atoms with Crippen molar-refractivity contribution in [1.29, 1.82) is 0 Å². The molecular weight excluding hydrogens is 969 g/mol. The second-order valence-electron chi connectivity index (χ2n) is 27.4. The standard InChI is InChI=1S/C76H138Si2/c1-2-8-14-20-26-32-38-44-50-60-70-78(76-67-57-58-68-76)73-63-53-47-41-35-29-23-17-11-5-3-9-15-21-27-33-39-45-51-61-71-77(75-65-55-56-66-75,69-59-49-43-37-31-25-19-13-7-1)72-62-52-46-40-34-28-22-16-10-4-6-12-18-24-30-36-42-48-54-64-74-78/h55-58,65,67H,1-54,59-64,69-74H2. The van der Waals surface area contributed by atoms with Crippen molar-refractivity contribution in [3.63, 3.8) is 0 Å². The maximum atomic E-state index is 3.88. The predicted molar refractivity (Wildman–Crippen MR) is 359 cm³/mol. The lowest BCUT2D eigenvalue weighted by molar-refractivity contribution is 0.520. The van der Waals surface area contributed by atoms with Crippen molar-refractivity contribution in [2.24, 2.45) is 0 Å². The molecule has 0 unspecified atom stereocenters. The normalized spacial score (nSPS) is 27.6. The maximum Gasteiger partial charge on any atom is 0.0966 e. The van der Waals surface area contributed by atoms with Crippen molar-refractivity contribution in [1.82, 2.24) is 0 Å². The molecule has 0 spiro atoms. The van der Waals surface area contributed by atoms with Crippen molar-refractivity contribution in [2.45, 2.75) is 422 Å². The quantitative estimate of drug-likeness (QED) is 0.191. The van der Waals surface area contributed by atoms with Crippen LogP contribution in [0.3, 0.4) is 0 Å². The molecule has 5 rings (SSSR count). The van der Waals surface area contributed by atoms with Gasteiger partial charge in [-0.2, -0.15) is 0 Å². The molecule has 2 aliphatic carbocycles. The minimum Gasteiger partial charge on any atom is -0.122 e. The molecule has 3 aliphatic heterocycles. The first-order valence-corrected chi connectivity index (χ1v) is 42.4. The molecule has 78 heavy (non-hydrogen) atoms. The summed E-state index contributed by atoms with van der Waals surface area (Å²) in [7, 11) is -3.05. The van der Waals surface area contributed by atoms with Crippen LogP contribution in [0.25, 0.3) is 0 Å². The molecule has 5 aliphatic rings. The van der Waals surface area contributed by atoms with Crippen LogP contribution in [0.2, 0.25) is 36.3 Å². The van der Waals surface area contributed by atoms with Gasteiger partial charge in [0.15, 0.2) is 0 Å². The van der Waals surface area contributed by atoms with Gasteiger partial charge in [-0.05, 0) is 22.5 Å². The van der Waals surface area contributed by atoms with Crippen LogP contribution in [0.5, 0.6) is 0 Å². The topological polar surface area (TPSA) is 0 Å². The number of fused-ring (bicyclic) bond motifs is 63. The third-order valence-electron chi connectivity index (χ3n) is 20.5. The van der Waals surface area contributed by atoms with Crippen molar-refractivity contribution >= 4 is 16.1 Å². The third kappa shape index (κ3) is 36.5. The largest absolute Gasteiger partial charge is 0.122 e. The van der Waals surface area contributed by atoms with Gasteiger partial charge in [-0.15, -0.1) is 11.5 Å². The van der Waals surface area contributed by atoms with Gasteiger partial charge >= 0.3 is 0 Å². The molecule has 2 bridgehead atoms. The molecule has 3 heterocycles. The Morgan fingerprint density at radius 1 is 0.167 bits per heavy atom. The van der Waals surface area contributed by atoms with Crippen LogP contribution >= 0.6 is 0 Å². The van der Waals surface area contributed by atoms with E-state index in [2.05, 4.69) is 47.9 Å². The van der Waals surface area contributed by atoms with E-state index in [4.69, 9.17) is 0 Å². The van der Waals surface area contributed by atoms with Crippen molar-refractivity contribution in [3.8, 4) is 0 Å². The van der Waals surface area contributed by atoms with E-state index in [1.165, 1.54) is 385 Å². The number of hydrogen-bond donors (Lipinski definition) is 0. The lowest BCUT2D eigenvalue weighted by Crippen LogP contribution is -2.36. The molecule has 0 nitrogen and oxygen atoms in total. The molecule has 0 aromatic heterocycles. The number of rotatable bonds is 2. The summed E-state index contributed by atoms with van der Waals surface area (Å²) < 4.78 is 0. The maximum absolute atomic E-state index is 3.88. The first-order chi connectivity index (χ1) is 38.8. The van der Waals surface area contributed by atoms with E-state index >= 15 is 0 Å². The smallest absolute Gasteiger partial charge is 0.0966 e. The molecule has 0 aromatic rings. The summed E-state index contributed by atoms with van der Waals surface area (Å²) in [5, 5.41) is 3.44. The molecule has 0 atom stereocenters. The summed E-state index contributed by atoms with van der Waals surface area (Å²) in [4.78, 5) is 0. The highest BCUT2D eigenvalue weighted by atomic mass is 28.3. The average molecular weight is 1110 g/mol. The summed E-state index contributed by atoms with van der Waals surface area (Å²) in [5.41, 5.74) is 7.77. The third-order valence-corrected chi connectivity index (χ3v) is 31.3. The minimum atomic E-state index is -1.52. The zero-order chi connectivity index (χ0) is 54.5. The molecule has 2 heteroatoms. The molecule has 0 radical (unpaired) electrons. The van der Waals surface area contributed by atoms with E-state index in [1.807, 2.05) is 0 Å². The Balaban J connectivity index is 1.31. The Morgan fingerprint density at radius 3 is 0.385 bits per heavy atom. The van der Waals surface area contributed by atoms with Crippen LogP contribution in [0, 0.1) is 0 Å². The summed E-state index contributed by atoms with van der Waals surface area (Å²) in [6, 6.07) is 9.28. The van der Waals surface area contributed by atoms with Crippen LogP contribution in [0.1, 0.15) is 385 Å². The molecule has 0 N–H and O–H groups in total. The zero-order valence-electron chi connectivity index (χ0n) is 53.1. The first-order valence-electron chi connectivity index (χ1n) is 37.1. The average Bonchev–Trinajstić information content (AvgIpc) is 4.22. The van der Waals surface area contributed by atoms with Crippen LogP contribution in [-0.4, -0.2) is 16.1 Å². The predicted octanol–water partition coefficient (Wildman–Crippen LogP) is 27.7. The molecule has 0 amide bonds. The lowest BCUT2D eigenvalue weighted by Gasteiger charge is -2.32. The Morgan fingerprint density at radius 2 is 0.282 bits per heavy atom. The van der Waals surface area contributed by atoms with Gasteiger partial charge < -0.3 is 0 Å². The Hall–Kier alpha value is -1.05. The molecule has 3 fully saturated rings. The van der Waals surface area contributed by atoms with Crippen LogP contribution in [0.4, 0.5) is 0 Å². The van der Waals surface area contributed by atoms with Gasteiger partial charge in [-0.25, -0.2) is 0 Å². The van der Waals surface area contributed by atoms with Gasteiger partial charge in [0.1, 0.15) is 0 Å². The molecule has 0 aromatic carbocycles. The van der Waals surface area contributed by atoms with Gasteiger partial charge in [-0.1, -0.05) is 446 Å². The van der Waals surface area contributed by atoms with E-state index in [0.29, 0.717) is 0 Å². The van der Waals surface area contributed by atoms with Crippen molar-refractivity contribution in [3.05, 3.63) is 58.3 Å². The van der Waals surface area contributed by atoms with Gasteiger partial charge in [0, 0.05) is 0 Å². The van der Waals surface area contributed by atoms with E-state index in [-0.39, 0.29) is 0 Å². The van der Waals surface area contributed by atoms with Crippen LogP contribution in [-0.2, 0) is 0 Å². The van der Waals surface area contributed by atoms with E-state index in [1.54, 1.807) is 46.7 Å². The molecule has 0 saturated carbocycles. The Bertz CT molecular complexity index is 1300. The highest BCUT2D eigenvalue weighted by Crippen LogP contribution is 2.39. The number of hydrogen-bond acceptors (Lipinski definition) is 0.